The Hall–Kier alpha value is -1.95. The Morgan fingerprint density at radius 2 is 2.20 bits per heavy atom. The average Bonchev–Trinajstić information content (AvgIpc) is 2.37. The minimum absolute atomic E-state index is 0.0212. The van der Waals surface area contributed by atoms with E-state index in [9.17, 15) is 14.0 Å². The Balaban J connectivity index is 2.50. The van der Waals surface area contributed by atoms with Crippen LogP contribution in [0.4, 0.5) is 10.1 Å². The molecule has 1 aliphatic heterocycles. The first-order chi connectivity index (χ1) is 9.45. The highest BCUT2D eigenvalue weighted by Gasteiger charge is 2.34. The van der Waals surface area contributed by atoms with Crippen LogP contribution in [0.5, 0.6) is 0 Å². The lowest BCUT2D eigenvalue weighted by molar-refractivity contribution is -0.132. The van der Waals surface area contributed by atoms with Gasteiger partial charge < -0.3 is 10.6 Å². The second kappa shape index (κ2) is 5.58. The standard InChI is InChI=1S/C14H18FN3O2/c1-3-10-14(20)17-12(19)7-18(10)11-6-4-5-9(15)13(11)8(2)16/h4-6,8,10H,3,7,16H2,1-2H3,(H,17,19,20)/t8-,10?/m1/s1. The zero-order valence-electron chi connectivity index (χ0n) is 11.5. The van der Waals surface area contributed by atoms with Crippen molar-refractivity contribution < 1.29 is 14.0 Å². The summed E-state index contributed by atoms with van der Waals surface area (Å²) >= 11 is 0. The predicted molar refractivity (Wildman–Crippen MR) is 73.6 cm³/mol. The number of nitrogens with zero attached hydrogens (tertiary/aromatic N) is 1. The molecule has 20 heavy (non-hydrogen) atoms. The smallest absolute Gasteiger partial charge is 0.249 e. The number of carbonyl (C=O) groups excluding carboxylic acids is 2. The zero-order valence-corrected chi connectivity index (χ0v) is 11.5. The lowest BCUT2D eigenvalue weighted by atomic mass is 10.0. The number of nitrogens with one attached hydrogen (secondary N) is 1. The van der Waals surface area contributed by atoms with E-state index in [0.29, 0.717) is 17.7 Å². The maximum Gasteiger partial charge on any atom is 0.249 e. The number of amides is 2. The number of piperazine rings is 1. The number of anilines is 1. The van der Waals surface area contributed by atoms with Crippen LogP contribution in [0.3, 0.4) is 0 Å². The minimum atomic E-state index is -0.524. The molecule has 6 heteroatoms. The van der Waals surface area contributed by atoms with Crippen LogP contribution in [-0.4, -0.2) is 24.4 Å². The molecule has 1 unspecified atom stereocenters. The SMILES string of the molecule is CCC1C(=O)NC(=O)CN1c1cccc(F)c1[C@@H](C)N. The summed E-state index contributed by atoms with van der Waals surface area (Å²) in [4.78, 5) is 25.1. The summed E-state index contributed by atoms with van der Waals surface area (Å²) in [6.45, 7) is 3.54. The van der Waals surface area contributed by atoms with E-state index in [1.54, 1.807) is 24.0 Å². The van der Waals surface area contributed by atoms with Crippen LogP contribution >= 0.6 is 0 Å². The highest BCUT2D eigenvalue weighted by Crippen LogP contribution is 2.30. The van der Waals surface area contributed by atoms with Gasteiger partial charge in [-0.1, -0.05) is 13.0 Å². The Labute approximate surface area is 116 Å². The normalized spacial score (nSPS) is 20.8. The van der Waals surface area contributed by atoms with E-state index in [0.717, 1.165) is 0 Å². The van der Waals surface area contributed by atoms with Gasteiger partial charge in [-0.3, -0.25) is 14.9 Å². The molecule has 0 aliphatic carbocycles. The molecule has 0 spiro atoms. The molecule has 5 nitrogen and oxygen atoms in total. The third kappa shape index (κ3) is 2.51. The van der Waals surface area contributed by atoms with E-state index >= 15 is 0 Å². The zero-order chi connectivity index (χ0) is 14.9. The summed E-state index contributed by atoms with van der Waals surface area (Å²) in [7, 11) is 0. The second-order valence-electron chi connectivity index (χ2n) is 4.93. The minimum Gasteiger partial charge on any atom is -0.350 e. The van der Waals surface area contributed by atoms with Crippen molar-refractivity contribution in [3.8, 4) is 0 Å². The molecule has 3 N–H and O–H groups in total. The highest BCUT2D eigenvalue weighted by atomic mass is 19.1. The van der Waals surface area contributed by atoms with Crippen molar-refractivity contribution in [2.75, 3.05) is 11.4 Å². The van der Waals surface area contributed by atoms with Crippen LogP contribution in [0, 0.1) is 5.82 Å². The molecule has 2 atom stereocenters. The number of hydrogen-bond acceptors (Lipinski definition) is 4. The fourth-order valence-electron chi connectivity index (χ4n) is 2.55. The Bertz CT molecular complexity index is 545. The fourth-order valence-corrected chi connectivity index (χ4v) is 2.55. The molecule has 1 saturated heterocycles. The van der Waals surface area contributed by atoms with Crippen molar-refractivity contribution in [1.82, 2.24) is 5.32 Å². The average molecular weight is 279 g/mol. The summed E-state index contributed by atoms with van der Waals surface area (Å²) in [6.07, 6.45) is 0.522. The lowest BCUT2D eigenvalue weighted by Gasteiger charge is -2.36. The molecule has 0 aromatic heterocycles. The van der Waals surface area contributed by atoms with Crippen LogP contribution in [0.25, 0.3) is 0 Å². The number of rotatable bonds is 3. The molecule has 1 fully saturated rings. The van der Waals surface area contributed by atoms with Crippen molar-refractivity contribution in [3.05, 3.63) is 29.6 Å². The third-order valence-electron chi connectivity index (χ3n) is 3.44. The van der Waals surface area contributed by atoms with Crippen molar-refractivity contribution in [2.45, 2.75) is 32.4 Å². The Morgan fingerprint density at radius 1 is 1.50 bits per heavy atom. The summed E-state index contributed by atoms with van der Waals surface area (Å²) < 4.78 is 14.0. The largest absolute Gasteiger partial charge is 0.350 e. The molecule has 108 valence electrons. The molecule has 0 bridgehead atoms. The van der Waals surface area contributed by atoms with Crippen LogP contribution in [0.1, 0.15) is 31.9 Å². The second-order valence-corrected chi connectivity index (χ2v) is 4.93. The van der Waals surface area contributed by atoms with Gasteiger partial charge >= 0.3 is 0 Å². The van der Waals surface area contributed by atoms with Crippen molar-refractivity contribution in [2.24, 2.45) is 5.73 Å². The number of carbonyl (C=O) groups is 2. The van der Waals surface area contributed by atoms with Gasteiger partial charge in [0.15, 0.2) is 0 Å². The maximum absolute atomic E-state index is 14.0. The molecule has 1 heterocycles. The number of hydrogen-bond donors (Lipinski definition) is 2. The summed E-state index contributed by atoms with van der Waals surface area (Å²) in [5, 5.41) is 2.30. The summed E-state index contributed by atoms with van der Waals surface area (Å²) in [5.41, 5.74) is 6.66. The number of benzene rings is 1. The van der Waals surface area contributed by atoms with Gasteiger partial charge in [-0.05, 0) is 25.5 Å². The van der Waals surface area contributed by atoms with Gasteiger partial charge in [0.2, 0.25) is 11.8 Å². The molecule has 2 rings (SSSR count). The Morgan fingerprint density at radius 3 is 2.80 bits per heavy atom. The van der Waals surface area contributed by atoms with Crippen LogP contribution in [0.15, 0.2) is 18.2 Å². The first kappa shape index (κ1) is 14.5. The first-order valence-electron chi connectivity index (χ1n) is 6.60. The molecular formula is C14H18FN3O2. The predicted octanol–water partition coefficient (Wildman–Crippen LogP) is 1.09. The summed E-state index contributed by atoms with van der Waals surface area (Å²) in [5.74, 6) is -1.17. The quantitative estimate of drug-likeness (QED) is 0.812. The Kier molecular flexibility index (Phi) is 4.04. The van der Waals surface area contributed by atoms with E-state index in [4.69, 9.17) is 5.73 Å². The molecule has 0 saturated carbocycles. The number of nitrogens with two attached hydrogens (primary N) is 1. The molecule has 1 aromatic carbocycles. The lowest BCUT2D eigenvalue weighted by Crippen LogP contribution is -2.58. The van der Waals surface area contributed by atoms with Gasteiger partial charge in [0.25, 0.3) is 0 Å². The van der Waals surface area contributed by atoms with E-state index < -0.39 is 17.9 Å². The highest BCUT2D eigenvalue weighted by molar-refractivity contribution is 6.04. The van der Waals surface area contributed by atoms with Gasteiger partial charge in [0, 0.05) is 17.3 Å². The van der Waals surface area contributed by atoms with Crippen molar-refractivity contribution >= 4 is 17.5 Å². The van der Waals surface area contributed by atoms with Gasteiger partial charge in [-0.2, -0.15) is 0 Å². The van der Waals surface area contributed by atoms with Gasteiger partial charge in [-0.15, -0.1) is 0 Å². The number of halogens is 1. The fraction of sp³-hybridized carbons (Fsp3) is 0.429. The van der Waals surface area contributed by atoms with Crippen LogP contribution in [-0.2, 0) is 9.59 Å². The first-order valence-corrected chi connectivity index (χ1v) is 6.60. The molecule has 2 amide bonds. The summed E-state index contributed by atoms with van der Waals surface area (Å²) in [6, 6.07) is 3.56. The van der Waals surface area contributed by atoms with Gasteiger partial charge in [-0.25, -0.2) is 4.39 Å². The monoisotopic (exact) mass is 279 g/mol. The van der Waals surface area contributed by atoms with Gasteiger partial charge in [0.05, 0.1) is 6.54 Å². The number of imide groups is 1. The van der Waals surface area contributed by atoms with Gasteiger partial charge in [0.1, 0.15) is 11.9 Å². The van der Waals surface area contributed by atoms with E-state index in [1.807, 2.05) is 6.92 Å². The molecule has 1 aliphatic rings. The molecule has 0 radical (unpaired) electrons. The third-order valence-corrected chi connectivity index (χ3v) is 3.44. The van der Waals surface area contributed by atoms with Crippen LogP contribution < -0.4 is 16.0 Å². The van der Waals surface area contributed by atoms with Crippen molar-refractivity contribution in [3.63, 3.8) is 0 Å². The van der Waals surface area contributed by atoms with Crippen LogP contribution in [0.2, 0.25) is 0 Å². The maximum atomic E-state index is 14.0. The van der Waals surface area contributed by atoms with E-state index in [2.05, 4.69) is 5.32 Å². The van der Waals surface area contributed by atoms with E-state index in [-0.39, 0.29) is 18.4 Å². The molecular weight excluding hydrogens is 261 g/mol. The van der Waals surface area contributed by atoms with E-state index in [1.165, 1.54) is 6.07 Å². The molecule has 1 aromatic rings. The van der Waals surface area contributed by atoms with Crippen molar-refractivity contribution in [1.29, 1.82) is 0 Å². The topological polar surface area (TPSA) is 75.4 Å².